The second kappa shape index (κ2) is 12.3. The lowest BCUT2D eigenvalue weighted by molar-refractivity contribution is 0.0697. The van der Waals surface area contributed by atoms with Gasteiger partial charge in [0.25, 0.3) is 0 Å². The molecule has 210 valence electrons. The van der Waals surface area contributed by atoms with Crippen molar-refractivity contribution < 1.29 is 28.2 Å². The molecule has 2 aromatic heterocycles. The lowest BCUT2D eigenvalue weighted by atomic mass is 10.0. The predicted octanol–water partition coefficient (Wildman–Crippen LogP) is 6.45. The van der Waals surface area contributed by atoms with Crippen LogP contribution in [-0.4, -0.2) is 39.3 Å². The molecule has 0 bridgehead atoms. The SMILES string of the molecule is CCc1ccc(COc2cccc(-c3cc(F)c(Cc4nc5ccc(C(=O)O)cc5n4CCOC)cc3F)n2)cc1. The smallest absolute Gasteiger partial charge is 0.335 e. The van der Waals surface area contributed by atoms with E-state index >= 15 is 8.78 Å². The third-order valence-electron chi connectivity index (χ3n) is 6.90. The van der Waals surface area contributed by atoms with Gasteiger partial charge >= 0.3 is 5.97 Å². The largest absolute Gasteiger partial charge is 0.478 e. The number of methoxy groups -OCH3 is 1. The second-order valence-corrected chi connectivity index (χ2v) is 9.60. The zero-order chi connectivity index (χ0) is 28.9. The number of carboxylic acids is 1. The van der Waals surface area contributed by atoms with Gasteiger partial charge in [-0.15, -0.1) is 0 Å². The topological polar surface area (TPSA) is 86.5 Å². The summed E-state index contributed by atoms with van der Waals surface area (Å²) in [6.45, 7) is 3.09. The number of aromatic carboxylic acids is 1. The molecule has 0 aliphatic heterocycles. The molecule has 5 aromatic rings. The highest BCUT2D eigenvalue weighted by atomic mass is 19.1. The molecule has 41 heavy (non-hydrogen) atoms. The predicted molar refractivity (Wildman–Crippen MR) is 151 cm³/mol. The van der Waals surface area contributed by atoms with Crippen LogP contribution in [0.5, 0.6) is 5.88 Å². The van der Waals surface area contributed by atoms with E-state index < -0.39 is 17.6 Å². The lowest BCUT2D eigenvalue weighted by Gasteiger charge is -2.12. The van der Waals surface area contributed by atoms with Gasteiger partial charge in [-0.3, -0.25) is 0 Å². The van der Waals surface area contributed by atoms with Crippen LogP contribution >= 0.6 is 0 Å². The van der Waals surface area contributed by atoms with E-state index in [1.54, 1.807) is 35.9 Å². The molecule has 0 saturated carbocycles. The maximum absolute atomic E-state index is 15.4. The van der Waals surface area contributed by atoms with Crippen LogP contribution in [0.15, 0.2) is 72.8 Å². The highest BCUT2D eigenvalue weighted by Gasteiger charge is 2.18. The van der Waals surface area contributed by atoms with E-state index in [0.717, 1.165) is 24.1 Å². The van der Waals surface area contributed by atoms with Crippen LogP contribution in [0.2, 0.25) is 0 Å². The molecule has 0 amide bonds. The average molecular weight is 558 g/mol. The molecule has 0 unspecified atom stereocenters. The van der Waals surface area contributed by atoms with Crippen molar-refractivity contribution in [3.63, 3.8) is 0 Å². The van der Waals surface area contributed by atoms with Gasteiger partial charge < -0.3 is 19.1 Å². The van der Waals surface area contributed by atoms with Crippen molar-refractivity contribution in [2.75, 3.05) is 13.7 Å². The third kappa shape index (κ3) is 6.25. The van der Waals surface area contributed by atoms with Crippen LogP contribution in [-0.2, 0) is 30.7 Å². The lowest BCUT2D eigenvalue weighted by Crippen LogP contribution is -2.10. The first-order chi connectivity index (χ1) is 19.9. The fourth-order valence-corrected chi connectivity index (χ4v) is 4.64. The Morgan fingerprint density at radius 3 is 2.46 bits per heavy atom. The third-order valence-corrected chi connectivity index (χ3v) is 6.90. The molecule has 0 saturated heterocycles. The minimum Gasteiger partial charge on any atom is -0.478 e. The molecule has 0 atom stereocenters. The van der Waals surface area contributed by atoms with Crippen LogP contribution in [0.3, 0.4) is 0 Å². The van der Waals surface area contributed by atoms with Gasteiger partial charge in [-0.1, -0.05) is 37.3 Å². The first kappa shape index (κ1) is 27.9. The molecule has 1 N–H and O–H groups in total. The summed E-state index contributed by atoms with van der Waals surface area (Å²) in [7, 11) is 1.55. The number of hydrogen-bond acceptors (Lipinski definition) is 5. The number of carboxylic acid groups (broad SMARTS) is 1. The van der Waals surface area contributed by atoms with E-state index in [1.165, 1.54) is 17.7 Å². The molecule has 5 rings (SSSR count). The van der Waals surface area contributed by atoms with Crippen molar-refractivity contribution in [2.24, 2.45) is 0 Å². The molecule has 0 fully saturated rings. The number of ether oxygens (including phenoxy) is 2. The zero-order valence-corrected chi connectivity index (χ0v) is 22.7. The van der Waals surface area contributed by atoms with E-state index in [9.17, 15) is 9.90 Å². The number of fused-ring (bicyclic) bond motifs is 1. The molecule has 3 aromatic carbocycles. The van der Waals surface area contributed by atoms with Crippen LogP contribution < -0.4 is 4.74 Å². The van der Waals surface area contributed by atoms with E-state index in [1.807, 2.05) is 24.3 Å². The van der Waals surface area contributed by atoms with Crippen molar-refractivity contribution in [1.29, 1.82) is 0 Å². The van der Waals surface area contributed by atoms with Gasteiger partial charge in [0.15, 0.2) is 0 Å². The molecular weight excluding hydrogens is 528 g/mol. The summed E-state index contributed by atoms with van der Waals surface area (Å²) in [6.07, 6.45) is 0.949. The van der Waals surface area contributed by atoms with E-state index in [2.05, 4.69) is 16.9 Å². The number of nitrogens with zero attached hydrogens (tertiary/aromatic N) is 3. The maximum Gasteiger partial charge on any atom is 0.335 e. The first-order valence-corrected chi connectivity index (χ1v) is 13.2. The molecule has 0 radical (unpaired) electrons. The number of pyridine rings is 1. The molecule has 0 aliphatic carbocycles. The standard InChI is InChI=1S/C32H29F2N3O4/c1-3-20-7-9-21(10-8-20)19-41-31-6-4-5-27(36-31)24-18-25(33)23(15-26(24)34)17-30-35-28-12-11-22(32(38)39)16-29(28)37(30)13-14-40-2/h4-12,15-16,18H,3,13-14,17,19H2,1-2H3,(H,38,39). The maximum atomic E-state index is 15.4. The Hall–Kier alpha value is -4.63. The number of carbonyl (C=O) groups is 1. The summed E-state index contributed by atoms with van der Waals surface area (Å²) in [4.78, 5) is 20.5. The Morgan fingerprint density at radius 1 is 0.951 bits per heavy atom. The highest BCUT2D eigenvalue weighted by Crippen LogP contribution is 2.28. The van der Waals surface area contributed by atoms with Crippen molar-refractivity contribution in [2.45, 2.75) is 32.9 Å². The van der Waals surface area contributed by atoms with Crippen LogP contribution in [0.4, 0.5) is 8.78 Å². The average Bonchev–Trinajstić information content (AvgIpc) is 3.33. The van der Waals surface area contributed by atoms with Gasteiger partial charge in [0.05, 0.1) is 28.9 Å². The van der Waals surface area contributed by atoms with Gasteiger partial charge in [0, 0.05) is 31.7 Å². The number of halogens is 2. The second-order valence-electron chi connectivity index (χ2n) is 9.60. The number of aromatic nitrogens is 3. The summed E-state index contributed by atoms with van der Waals surface area (Å²) >= 11 is 0. The minimum atomic E-state index is -1.06. The Bertz CT molecular complexity index is 1700. The van der Waals surface area contributed by atoms with Gasteiger partial charge in [-0.2, -0.15) is 0 Å². The summed E-state index contributed by atoms with van der Waals surface area (Å²) in [5, 5.41) is 9.40. The fourth-order valence-electron chi connectivity index (χ4n) is 4.64. The van der Waals surface area contributed by atoms with Gasteiger partial charge in [-0.25, -0.2) is 23.5 Å². The normalized spacial score (nSPS) is 11.2. The number of aryl methyl sites for hydroxylation is 1. The Morgan fingerprint density at radius 2 is 1.73 bits per heavy atom. The fraction of sp³-hybridized carbons (Fsp3) is 0.219. The number of benzene rings is 3. The summed E-state index contributed by atoms with van der Waals surface area (Å²) < 4.78 is 43.5. The number of imidazole rings is 1. The summed E-state index contributed by atoms with van der Waals surface area (Å²) in [6, 6.07) is 19.9. The van der Waals surface area contributed by atoms with E-state index in [0.29, 0.717) is 42.5 Å². The minimum absolute atomic E-state index is 0.00275. The first-order valence-electron chi connectivity index (χ1n) is 13.2. The molecule has 2 heterocycles. The summed E-state index contributed by atoms with van der Waals surface area (Å²) in [5.74, 6) is -1.54. The Labute approximate surface area is 236 Å². The molecule has 0 aliphatic rings. The van der Waals surface area contributed by atoms with Crippen LogP contribution in [0, 0.1) is 11.6 Å². The highest BCUT2D eigenvalue weighted by molar-refractivity contribution is 5.92. The van der Waals surface area contributed by atoms with E-state index in [-0.39, 0.29) is 28.8 Å². The van der Waals surface area contributed by atoms with Gasteiger partial charge in [0.1, 0.15) is 24.1 Å². The Balaban J connectivity index is 1.39. The molecule has 0 spiro atoms. The quantitative estimate of drug-likeness (QED) is 0.201. The monoisotopic (exact) mass is 557 g/mol. The van der Waals surface area contributed by atoms with Crippen LogP contribution in [0.1, 0.15) is 39.8 Å². The van der Waals surface area contributed by atoms with Crippen molar-refractivity contribution in [1.82, 2.24) is 14.5 Å². The van der Waals surface area contributed by atoms with Crippen molar-refractivity contribution >= 4 is 17.0 Å². The molecule has 9 heteroatoms. The van der Waals surface area contributed by atoms with E-state index in [4.69, 9.17) is 9.47 Å². The zero-order valence-electron chi connectivity index (χ0n) is 22.7. The van der Waals surface area contributed by atoms with Gasteiger partial charge in [0.2, 0.25) is 5.88 Å². The number of hydrogen-bond donors (Lipinski definition) is 1. The molecule has 7 nitrogen and oxygen atoms in total. The Kier molecular flexibility index (Phi) is 8.35. The summed E-state index contributed by atoms with van der Waals surface area (Å²) in [5.41, 5.74) is 3.83. The van der Waals surface area contributed by atoms with Crippen LogP contribution in [0.25, 0.3) is 22.3 Å². The number of rotatable bonds is 11. The molecular formula is C32H29F2N3O4. The van der Waals surface area contributed by atoms with Gasteiger partial charge in [-0.05, 0) is 59.5 Å². The van der Waals surface area contributed by atoms with Crippen molar-refractivity contribution in [3.05, 3.63) is 113 Å². The van der Waals surface area contributed by atoms with Crippen molar-refractivity contribution in [3.8, 4) is 17.1 Å².